The van der Waals surface area contributed by atoms with Crippen LogP contribution in [0.4, 0.5) is 5.69 Å². The SMILES string of the molecule is CC(O)c1ccccc1N1CCC(N(C)C)CC1. The van der Waals surface area contributed by atoms with E-state index in [1.807, 2.05) is 19.1 Å². The van der Waals surface area contributed by atoms with Crippen molar-refractivity contribution in [1.82, 2.24) is 4.90 Å². The molecule has 1 atom stereocenters. The normalized spacial score (nSPS) is 19.3. The van der Waals surface area contributed by atoms with Gasteiger partial charge in [-0.3, -0.25) is 0 Å². The number of aliphatic hydroxyl groups is 1. The summed E-state index contributed by atoms with van der Waals surface area (Å²) in [5.74, 6) is 0. The predicted molar refractivity (Wildman–Crippen MR) is 76.0 cm³/mol. The molecular weight excluding hydrogens is 224 g/mol. The molecule has 1 aliphatic rings. The number of benzene rings is 1. The van der Waals surface area contributed by atoms with Crippen LogP contribution in [-0.2, 0) is 0 Å². The monoisotopic (exact) mass is 248 g/mol. The molecule has 1 unspecified atom stereocenters. The molecule has 1 aromatic carbocycles. The minimum atomic E-state index is -0.396. The van der Waals surface area contributed by atoms with E-state index in [2.05, 4.69) is 36.0 Å². The smallest absolute Gasteiger partial charge is 0.0781 e. The van der Waals surface area contributed by atoms with E-state index in [1.165, 1.54) is 18.5 Å². The highest BCUT2D eigenvalue weighted by Gasteiger charge is 2.22. The Kier molecular flexibility index (Phi) is 4.25. The first-order chi connectivity index (χ1) is 8.59. The van der Waals surface area contributed by atoms with Gasteiger partial charge in [0.25, 0.3) is 0 Å². The Morgan fingerprint density at radius 1 is 1.22 bits per heavy atom. The fraction of sp³-hybridized carbons (Fsp3) is 0.600. The Labute approximate surface area is 110 Å². The fourth-order valence-corrected chi connectivity index (χ4v) is 2.75. The lowest BCUT2D eigenvalue weighted by Gasteiger charge is -2.37. The van der Waals surface area contributed by atoms with Gasteiger partial charge in [0.2, 0.25) is 0 Å². The first-order valence-electron chi connectivity index (χ1n) is 6.78. The molecular formula is C15H24N2O. The van der Waals surface area contributed by atoms with Crippen LogP contribution in [0.3, 0.4) is 0 Å². The van der Waals surface area contributed by atoms with Crippen LogP contribution in [0.5, 0.6) is 0 Å². The van der Waals surface area contributed by atoms with Crippen LogP contribution in [0, 0.1) is 0 Å². The summed E-state index contributed by atoms with van der Waals surface area (Å²) in [6.45, 7) is 3.99. The molecule has 3 heteroatoms. The second kappa shape index (κ2) is 5.72. The summed E-state index contributed by atoms with van der Waals surface area (Å²) < 4.78 is 0. The molecule has 100 valence electrons. The molecule has 0 amide bonds. The number of aliphatic hydroxyl groups excluding tert-OH is 1. The van der Waals surface area contributed by atoms with Gasteiger partial charge >= 0.3 is 0 Å². The van der Waals surface area contributed by atoms with Crippen LogP contribution in [0.15, 0.2) is 24.3 Å². The Balaban J connectivity index is 2.10. The maximum absolute atomic E-state index is 9.84. The summed E-state index contributed by atoms with van der Waals surface area (Å²) >= 11 is 0. The highest BCUT2D eigenvalue weighted by atomic mass is 16.3. The highest BCUT2D eigenvalue weighted by Crippen LogP contribution is 2.29. The molecule has 0 aliphatic carbocycles. The average molecular weight is 248 g/mol. The summed E-state index contributed by atoms with van der Waals surface area (Å²) in [6, 6.07) is 8.90. The first kappa shape index (κ1) is 13.4. The van der Waals surface area contributed by atoms with Crippen LogP contribution < -0.4 is 4.90 Å². The molecule has 0 saturated carbocycles. The highest BCUT2D eigenvalue weighted by molar-refractivity contribution is 5.54. The van der Waals surface area contributed by atoms with E-state index < -0.39 is 6.10 Å². The number of piperidine rings is 1. The topological polar surface area (TPSA) is 26.7 Å². The van der Waals surface area contributed by atoms with E-state index in [1.54, 1.807) is 0 Å². The zero-order chi connectivity index (χ0) is 13.1. The van der Waals surface area contributed by atoms with Gasteiger partial charge in [0.15, 0.2) is 0 Å². The lowest BCUT2D eigenvalue weighted by atomic mass is 10.0. The minimum Gasteiger partial charge on any atom is -0.389 e. The molecule has 18 heavy (non-hydrogen) atoms. The van der Waals surface area contributed by atoms with Crippen molar-refractivity contribution in [3.05, 3.63) is 29.8 Å². The maximum atomic E-state index is 9.84. The second-order valence-electron chi connectivity index (χ2n) is 5.42. The van der Waals surface area contributed by atoms with Crippen molar-refractivity contribution >= 4 is 5.69 Å². The molecule has 1 N–H and O–H groups in total. The molecule has 1 aliphatic heterocycles. The zero-order valence-corrected chi connectivity index (χ0v) is 11.6. The van der Waals surface area contributed by atoms with Crippen molar-refractivity contribution in [2.45, 2.75) is 31.9 Å². The molecule has 0 radical (unpaired) electrons. The van der Waals surface area contributed by atoms with Crippen molar-refractivity contribution in [1.29, 1.82) is 0 Å². The van der Waals surface area contributed by atoms with Crippen LogP contribution in [0.25, 0.3) is 0 Å². The van der Waals surface area contributed by atoms with Gasteiger partial charge in [-0.2, -0.15) is 0 Å². The standard InChI is InChI=1S/C15H24N2O/c1-12(18)14-6-4-5-7-15(14)17-10-8-13(9-11-17)16(2)3/h4-7,12-13,18H,8-11H2,1-3H3. The molecule has 2 rings (SSSR count). The molecule has 1 fully saturated rings. The fourth-order valence-electron chi connectivity index (χ4n) is 2.75. The van der Waals surface area contributed by atoms with Gasteiger partial charge < -0.3 is 14.9 Å². The van der Waals surface area contributed by atoms with Crippen molar-refractivity contribution in [3.63, 3.8) is 0 Å². The number of para-hydroxylation sites is 1. The Morgan fingerprint density at radius 3 is 2.39 bits per heavy atom. The summed E-state index contributed by atoms with van der Waals surface area (Å²) in [6.07, 6.45) is 2.00. The van der Waals surface area contributed by atoms with Crippen LogP contribution in [0.1, 0.15) is 31.4 Å². The average Bonchev–Trinajstić information content (AvgIpc) is 2.39. The van der Waals surface area contributed by atoms with Gasteiger partial charge in [-0.1, -0.05) is 18.2 Å². The van der Waals surface area contributed by atoms with Gasteiger partial charge in [-0.05, 0) is 39.9 Å². The Morgan fingerprint density at radius 2 is 1.83 bits per heavy atom. The number of anilines is 1. The quantitative estimate of drug-likeness (QED) is 0.889. The van der Waals surface area contributed by atoms with E-state index >= 15 is 0 Å². The van der Waals surface area contributed by atoms with Gasteiger partial charge in [0, 0.05) is 30.4 Å². The zero-order valence-electron chi connectivity index (χ0n) is 11.6. The van der Waals surface area contributed by atoms with Crippen molar-refractivity contribution in [2.75, 3.05) is 32.1 Å². The number of nitrogens with zero attached hydrogens (tertiary/aromatic N) is 2. The van der Waals surface area contributed by atoms with Crippen molar-refractivity contribution in [2.24, 2.45) is 0 Å². The molecule has 0 bridgehead atoms. The third-order valence-electron chi connectivity index (χ3n) is 3.92. The lowest BCUT2D eigenvalue weighted by Crippen LogP contribution is -2.42. The summed E-state index contributed by atoms with van der Waals surface area (Å²) in [5.41, 5.74) is 2.24. The molecule has 0 spiro atoms. The number of hydrogen-bond donors (Lipinski definition) is 1. The van der Waals surface area contributed by atoms with Gasteiger partial charge in [0.05, 0.1) is 6.10 Å². The van der Waals surface area contributed by atoms with Crippen LogP contribution in [-0.4, -0.2) is 43.2 Å². The molecule has 1 heterocycles. The van der Waals surface area contributed by atoms with Crippen LogP contribution in [0.2, 0.25) is 0 Å². The van der Waals surface area contributed by atoms with E-state index in [9.17, 15) is 5.11 Å². The van der Waals surface area contributed by atoms with Gasteiger partial charge in [-0.15, -0.1) is 0 Å². The van der Waals surface area contributed by atoms with E-state index in [4.69, 9.17) is 0 Å². The predicted octanol–water partition coefficient (Wildman–Crippen LogP) is 2.27. The summed E-state index contributed by atoms with van der Waals surface area (Å²) in [7, 11) is 4.31. The number of hydrogen-bond acceptors (Lipinski definition) is 3. The Bertz CT molecular complexity index is 382. The molecule has 1 aromatic rings. The lowest BCUT2D eigenvalue weighted by molar-refractivity contribution is 0.199. The second-order valence-corrected chi connectivity index (χ2v) is 5.42. The van der Waals surface area contributed by atoms with Gasteiger partial charge in [0.1, 0.15) is 0 Å². The Hall–Kier alpha value is -1.06. The van der Waals surface area contributed by atoms with E-state index in [-0.39, 0.29) is 0 Å². The molecule has 3 nitrogen and oxygen atoms in total. The molecule has 1 saturated heterocycles. The minimum absolute atomic E-state index is 0.396. The summed E-state index contributed by atoms with van der Waals surface area (Å²) in [5, 5.41) is 9.84. The number of rotatable bonds is 3. The van der Waals surface area contributed by atoms with E-state index in [0.29, 0.717) is 6.04 Å². The van der Waals surface area contributed by atoms with Crippen molar-refractivity contribution < 1.29 is 5.11 Å². The third-order valence-corrected chi connectivity index (χ3v) is 3.92. The summed E-state index contributed by atoms with van der Waals surface area (Å²) in [4.78, 5) is 4.72. The van der Waals surface area contributed by atoms with Gasteiger partial charge in [-0.25, -0.2) is 0 Å². The largest absolute Gasteiger partial charge is 0.389 e. The van der Waals surface area contributed by atoms with E-state index in [0.717, 1.165) is 18.7 Å². The molecule has 0 aromatic heterocycles. The first-order valence-corrected chi connectivity index (χ1v) is 6.78. The van der Waals surface area contributed by atoms with Crippen LogP contribution >= 0.6 is 0 Å². The maximum Gasteiger partial charge on any atom is 0.0781 e. The van der Waals surface area contributed by atoms with Crippen molar-refractivity contribution in [3.8, 4) is 0 Å². The third kappa shape index (κ3) is 2.85.